The van der Waals surface area contributed by atoms with Crippen LogP contribution in [0.4, 0.5) is 4.39 Å². The number of carboxylic acids is 1. The molecule has 1 rings (SSSR count). The van der Waals surface area contributed by atoms with Gasteiger partial charge in [-0.3, -0.25) is 4.79 Å². The molecule has 5 heteroatoms. The molecule has 1 aromatic rings. The van der Waals surface area contributed by atoms with Crippen LogP contribution in [0.25, 0.3) is 0 Å². The molecular formula is C13H18FNO2S. The van der Waals surface area contributed by atoms with E-state index in [0.29, 0.717) is 6.54 Å². The topological polar surface area (TPSA) is 49.3 Å². The van der Waals surface area contributed by atoms with E-state index >= 15 is 0 Å². The van der Waals surface area contributed by atoms with Crippen molar-refractivity contribution in [2.24, 2.45) is 5.92 Å². The van der Waals surface area contributed by atoms with E-state index in [1.54, 1.807) is 23.9 Å². The van der Waals surface area contributed by atoms with Gasteiger partial charge >= 0.3 is 5.97 Å². The highest BCUT2D eigenvalue weighted by molar-refractivity contribution is 7.99. The van der Waals surface area contributed by atoms with Crippen LogP contribution in [0.3, 0.4) is 0 Å². The molecule has 0 fully saturated rings. The average Bonchev–Trinajstić information content (AvgIpc) is 2.30. The van der Waals surface area contributed by atoms with Crippen molar-refractivity contribution in [3.05, 3.63) is 30.1 Å². The molecule has 100 valence electrons. The van der Waals surface area contributed by atoms with Crippen LogP contribution in [0, 0.1) is 11.7 Å². The van der Waals surface area contributed by atoms with E-state index in [4.69, 9.17) is 5.11 Å². The van der Waals surface area contributed by atoms with Crippen LogP contribution in [0.15, 0.2) is 29.2 Å². The molecule has 0 aliphatic heterocycles. The summed E-state index contributed by atoms with van der Waals surface area (Å²) in [5, 5.41) is 12.0. The highest BCUT2D eigenvalue weighted by atomic mass is 32.2. The number of nitrogens with one attached hydrogen (secondary N) is 1. The zero-order valence-corrected chi connectivity index (χ0v) is 11.3. The molecule has 0 aromatic heterocycles. The van der Waals surface area contributed by atoms with Crippen LogP contribution >= 0.6 is 11.8 Å². The van der Waals surface area contributed by atoms with E-state index in [1.165, 1.54) is 12.1 Å². The molecule has 0 heterocycles. The van der Waals surface area contributed by atoms with Crippen molar-refractivity contribution in [2.45, 2.75) is 24.8 Å². The van der Waals surface area contributed by atoms with E-state index in [9.17, 15) is 9.18 Å². The van der Waals surface area contributed by atoms with Crippen molar-refractivity contribution in [3.8, 4) is 0 Å². The number of hydrogen-bond donors (Lipinski definition) is 2. The summed E-state index contributed by atoms with van der Waals surface area (Å²) < 4.78 is 12.7. The van der Waals surface area contributed by atoms with Gasteiger partial charge in [-0.15, -0.1) is 11.8 Å². The van der Waals surface area contributed by atoms with Crippen LogP contribution in [-0.2, 0) is 4.79 Å². The van der Waals surface area contributed by atoms with E-state index in [-0.39, 0.29) is 11.7 Å². The van der Waals surface area contributed by atoms with Gasteiger partial charge in [-0.25, -0.2) is 4.39 Å². The number of thioether (sulfide) groups is 1. The second-order valence-electron chi connectivity index (χ2n) is 4.32. The number of rotatable bonds is 7. The maximum Gasteiger partial charge on any atom is 0.320 e. The molecule has 0 radical (unpaired) electrons. The third-order valence-electron chi connectivity index (χ3n) is 2.48. The Morgan fingerprint density at radius 3 is 2.50 bits per heavy atom. The van der Waals surface area contributed by atoms with Gasteiger partial charge in [0.2, 0.25) is 0 Å². The second-order valence-corrected chi connectivity index (χ2v) is 5.48. The maximum absolute atomic E-state index is 12.7. The monoisotopic (exact) mass is 271 g/mol. The van der Waals surface area contributed by atoms with Gasteiger partial charge < -0.3 is 10.4 Å². The lowest BCUT2D eigenvalue weighted by atomic mass is 10.1. The summed E-state index contributed by atoms with van der Waals surface area (Å²) in [6.45, 7) is 4.36. The van der Waals surface area contributed by atoms with Gasteiger partial charge in [-0.1, -0.05) is 13.8 Å². The van der Waals surface area contributed by atoms with E-state index in [2.05, 4.69) is 5.32 Å². The summed E-state index contributed by atoms with van der Waals surface area (Å²) in [6, 6.07) is 5.76. The van der Waals surface area contributed by atoms with Crippen molar-refractivity contribution in [1.82, 2.24) is 5.32 Å². The Hall–Kier alpha value is -1.07. The molecule has 0 amide bonds. The molecule has 18 heavy (non-hydrogen) atoms. The molecule has 0 saturated heterocycles. The number of carbonyl (C=O) groups is 1. The number of hydrogen-bond acceptors (Lipinski definition) is 3. The van der Waals surface area contributed by atoms with Crippen molar-refractivity contribution < 1.29 is 14.3 Å². The minimum atomic E-state index is -0.822. The first-order chi connectivity index (χ1) is 8.50. The number of benzene rings is 1. The zero-order valence-electron chi connectivity index (χ0n) is 10.5. The Morgan fingerprint density at radius 2 is 2.00 bits per heavy atom. The molecule has 2 N–H and O–H groups in total. The summed E-state index contributed by atoms with van der Waals surface area (Å²) in [7, 11) is 0. The molecule has 0 aliphatic rings. The van der Waals surface area contributed by atoms with Crippen molar-refractivity contribution in [2.75, 3.05) is 12.3 Å². The van der Waals surface area contributed by atoms with E-state index in [0.717, 1.165) is 10.6 Å². The van der Waals surface area contributed by atoms with Gasteiger partial charge in [-0.05, 0) is 30.2 Å². The predicted molar refractivity (Wildman–Crippen MR) is 71.4 cm³/mol. The molecule has 0 bridgehead atoms. The predicted octanol–water partition coefficient (Wildman–Crippen LogP) is 2.62. The number of aliphatic carboxylic acids is 1. The van der Waals surface area contributed by atoms with E-state index in [1.807, 2.05) is 13.8 Å². The molecule has 0 spiro atoms. The summed E-state index contributed by atoms with van der Waals surface area (Å²) in [5.41, 5.74) is 0. The minimum Gasteiger partial charge on any atom is -0.480 e. The van der Waals surface area contributed by atoms with E-state index < -0.39 is 12.0 Å². The van der Waals surface area contributed by atoms with Crippen LogP contribution in [-0.4, -0.2) is 29.4 Å². The summed E-state index contributed by atoms with van der Waals surface area (Å²) in [4.78, 5) is 11.9. The summed E-state index contributed by atoms with van der Waals surface area (Å²) >= 11 is 1.57. The van der Waals surface area contributed by atoms with Crippen LogP contribution in [0.1, 0.15) is 13.8 Å². The van der Waals surface area contributed by atoms with Gasteiger partial charge in [0.25, 0.3) is 0 Å². The Kier molecular flexibility index (Phi) is 6.15. The van der Waals surface area contributed by atoms with Crippen LogP contribution < -0.4 is 5.32 Å². The molecule has 1 atom stereocenters. The largest absolute Gasteiger partial charge is 0.480 e. The summed E-state index contributed by atoms with van der Waals surface area (Å²) in [6.07, 6.45) is 0. The van der Waals surface area contributed by atoms with Gasteiger partial charge in [0.05, 0.1) is 0 Å². The average molecular weight is 271 g/mol. The van der Waals surface area contributed by atoms with Crippen molar-refractivity contribution in [1.29, 1.82) is 0 Å². The lowest BCUT2D eigenvalue weighted by molar-refractivity contribution is -0.140. The standard InChI is InChI=1S/C13H18FNO2S/c1-9(2)12(13(16)17)15-7-8-18-11-5-3-10(14)4-6-11/h3-6,9,12,15H,7-8H2,1-2H3,(H,16,17). The number of carboxylic acid groups (broad SMARTS) is 1. The fraction of sp³-hybridized carbons (Fsp3) is 0.462. The van der Waals surface area contributed by atoms with Gasteiger partial charge in [0.1, 0.15) is 11.9 Å². The van der Waals surface area contributed by atoms with Crippen molar-refractivity contribution in [3.63, 3.8) is 0 Å². The first-order valence-electron chi connectivity index (χ1n) is 5.85. The first kappa shape index (κ1) is 15.0. The molecule has 1 unspecified atom stereocenters. The minimum absolute atomic E-state index is 0.0540. The Balaban J connectivity index is 2.29. The highest BCUT2D eigenvalue weighted by Gasteiger charge is 2.19. The van der Waals surface area contributed by atoms with Crippen LogP contribution in [0.5, 0.6) is 0 Å². The molecule has 3 nitrogen and oxygen atoms in total. The normalized spacial score (nSPS) is 12.7. The smallest absolute Gasteiger partial charge is 0.320 e. The third-order valence-corrected chi connectivity index (χ3v) is 3.50. The van der Waals surface area contributed by atoms with Crippen molar-refractivity contribution >= 4 is 17.7 Å². The Bertz CT molecular complexity index is 381. The number of halogens is 1. The SMILES string of the molecule is CC(C)C(NCCSc1ccc(F)cc1)C(=O)O. The van der Waals surface area contributed by atoms with Gasteiger partial charge in [0.15, 0.2) is 0 Å². The molecule has 1 aromatic carbocycles. The Morgan fingerprint density at radius 1 is 1.39 bits per heavy atom. The van der Waals surface area contributed by atoms with Crippen LogP contribution in [0.2, 0.25) is 0 Å². The lowest BCUT2D eigenvalue weighted by Crippen LogP contribution is -2.41. The van der Waals surface area contributed by atoms with Gasteiger partial charge in [-0.2, -0.15) is 0 Å². The fourth-order valence-electron chi connectivity index (χ4n) is 1.52. The molecular weight excluding hydrogens is 253 g/mol. The van der Waals surface area contributed by atoms with Gasteiger partial charge in [0, 0.05) is 17.2 Å². The summed E-state index contributed by atoms with van der Waals surface area (Å²) in [5.74, 6) is -0.263. The Labute approximate surface area is 111 Å². The zero-order chi connectivity index (χ0) is 13.5. The molecule has 0 aliphatic carbocycles. The fourth-order valence-corrected chi connectivity index (χ4v) is 2.31. The second kappa shape index (κ2) is 7.38. The maximum atomic E-state index is 12.7. The molecule has 0 saturated carbocycles. The highest BCUT2D eigenvalue weighted by Crippen LogP contribution is 2.17. The third kappa shape index (κ3) is 5.06. The first-order valence-corrected chi connectivity index (χ1v) is 6.84. The quantitative estimate of drug-likeness (QED) is 0.591. The lowest BCUT2D eigenvalue weighted by Gasteiger charge is -2.17.